The van der Waals surface area contributed by atoms with Gasteiger partial charge >= 0.3 is 0 Å². The maximum atomic E-state index is 10.9. The fourth-order valence-electron chi connectivity index (χ4n) is 0.717. The van der Waals surface area contributed by atoms with Gasteiger partial charge in [-0.25, -0.2) is 0 Å². The molecule has 0 amide bonds. The molecule has 10 heavy (non-hydrogen) atoms. The second-order valence-corrected chi connectivity index (χ2v) is 2.32. The fraction of sp³-hybridized carbons (Fsp3) is 0.571. The SMILES string of the molecule is C=CC(=O)C(CN)N(C)C. The van der Waals surface area contributed by atoms with Gasteiger partial charge in [0.05, 0.1) is 6.04 Å². The van der Waals surface area contributed by atoms with Gasteiger partial charge < -0.3 is 5.73 Å². The van der Waals surface area contributed by atoms with Crippen molar-refractivity contribution >= 4 is 5.78 Å². The van der Waals surface area contributed by atoms with Gasteiger partial charge in [-0.2, -0.15) is 0 Å². The Kier molecular flexibility index (Phi) is 3.91. The average molecular weight is 142 g/mol. The highest BCUT2D eigenvalue weighted by molar-refractivity contribution is 5.93. The van der Waals surface area contributed by atoms with E-state index in [0.717, 1.165) is 0 Å². The van der Waals surface area contributed by atoms with Crippen LogP contribution in [-0.4, -0.2) is 37.4 Å². The lowest BCUT2D eigenvalue weighted by Gasteiger charge is -2.18. The molecule has 0 rings (SSSR count). The first-order chi connectivity index (χ1) is 4.63. The van der Waals surface area contributed by atoms with Crippen molar-refractivity contribution in [3.8, 4) is 0 Å². The van der Waals surface area contributed by atoms with Crippen LogP contribution in [-0.2, 0) is 4.79 Å². The van der Waals surface area contributed by atoms with Crippen molar-refractivity contribution in [1.82, 2.24) is 4.90 Å². The highest BCUT2D eigenvalue weighted by Gasteiger charge is 2.14. The predicted molar refractivity (Wildman–Crippen MR) is 41.7 cm³/mol. The third-order valence-corrected chi connectivity index (χ3v) is 1.38. The zero-order valence-corrected chi connectivity index (χ0v) is 6.50. The number of likely N-dealkylation sites (N-methyl/N-ethyl adjacent to an activating group) is 1. The lowest BCUT2D eigenvalue weighted by molar-refractivity contribution is -0.118. The topological polar surface area (TPSA) is 46.3 Å². The minimum absolute atomic E-state index is 0.0208. The second kappa shape index (κ2) is 4.19. The van der Waals surface area contributed by atoms with E-state index in [0.29, 0.717) is 6.54 Å². The van der Waals surface area contributed by atoms with Crippen LogP contribution in [0, 0.1) is 0 Å². The standard InChI is InChI=1S/C7H14N2O/c1-4-7(10)6(5-8)9(2)3/h4,6H,1,5,8H2,2-3H3. The molecule has 3 nitrogen and oxygen atoms in total. The van der Waals surface area contributed by atoms with Crippen LogP contribution in [0.5, 0.6) is 0 Å². The fourth-order valence-corrected chi connectivity index (χ4v) is 0.717. The van der Waals surface area contributed by atoms with Crippen molar-refractivity contribution in [2.45, 2.75) is 6.04 Å². The molecule has 1 atom stereocenters. The van der Waals surface area contributed by atoms with Gasteiger partial charge in [-0.05, 0) is 20.2 Å². The number of nitrogens with zero attached hydrogens (tertiary/aromatic N) is 1. The van der Waals surface area contributed by atoms with E-state index < -0.39 is 0 Å². The summed E-state index contributed by atoms with van der Waals surface area (Å²) in [4.78, 5) is 12.7. The van der Waals surface area contributed by atoms with Crippen molar-refractivity contribution in [1.29, 1.82) is 0 Å². The Morgan fingerprint density at radius 2 is 2.30 bits per heavy atom. The molecular weight excluding hydrogens is 128 g/mol. The van der Waals surface area contributed by atoms with Crippen LogP contribution >= 0.6 is 0 Å². The molecule has 0 aromatic rings. The molecule has 0 aliphatic heterocycles. The molecule has 0 aliphatic carbocycles. The van der Waals surface area contributed by atoms with Crippen molar-refractivity contribution in [3.05, 3.63) is 12.7 Å². The number of hydrogen-bond donors (Lipinski definition) is 1. The van der Waals surface area contributed by atoms with E-state index in [9.17, 15) is 4.79 Å². The molecule has 0 saturated carbocycles. The highest BCUT2D eigenvalue weighted by Crippen LogP contribution is 1.92. The molecule has 0 radical (unpaired) electrons. The van der Waals surface area contributed by atoms with E-state index in [1.54, 1.807) is 4.90 Å². The van der Waals surface area contributed by atoms with Gasteiger partial charge in [0.1, 0.15) is 0 Å². The average Bonchev–Trinajstić information content (AvgIpc) is 1.88. The Morgan fingerprint density at radius 1 is 1.80 bits per heavy atom. The second-order valence-electron chi connectivity index (χ2n) is 2.32. The predicted octanol–water partition coefficient (Wildman–Crippen LogP) is -0.370. The Labute approximate surface area is 61.5 Å². The summed E-state index contributed by atoms with van der Waals surface area (Å²) in [6, 6.07) is -0.211. The van der Waals surface area contributed by atoms with Gasteiger partial charge in [0.25, 0.3) is 0 Å². The molecule has 0 spiro atoms. The van der Waals surface area contributed by atoms with Crippen molar-refractivity contribution in [3.63, 3.8) is 0 Å². The molecule has 0 heterocycles. The molecular formula is C7H14N2O. The number of nitrogens with two attached hydrogens (primary N) is 1. The molecule has 0 fully saturated rings. The Morgan fingerprint density at radius 3 is 2.40 bits per heavy atom. The van der Waals surface area contributed by atoms with Gasteiger partial charge in [0.15, 0.2) is 5.78 Å². The van der Waals surface area contributed by atoms with Crippen LogP contribution in [0.1, 0.15) is 0 Å². The van der Waals surface area contributed by atoms with Crippen molar-refractivity contribution in [2.24, 2.45) is 5.73 Å². The maximum Gasteiger partial charge on any atom is 0.173 e. The van der Waals surface area contributed by atoms with E-state index in [4.69, 9.17) is 5.73 Å². The van der Waals surface area contributed by atoms with Crippen LogP contribution in [0.25, 0.3) is 0 Å². The number of hydrogen-bond acceptors (Lipinski definition) is 3. The van der Waals surface area contributed by atoms with Crippen molar-refractivity contribution < 1.29 is 4.79 Å². The Balaban J connectivity index is 4.06. The molecule has 0 aliphatic rings. The Hall–Kier alpha value is -0.670. The first-order valence-electron chi connectivity index (χ1n) is 3.16. The summed E-state index contributed by atoms with van der Waals surface area (Å²) in [5.74, 6) is -0.0208. The van der Waals surface area contributed by atoms with Crippen LogP contribution < -0.4 is 5.73 Å². The van der Waals surface area contributed by atoms with Gasteiger partial charge in [-0.1, -0.05) is 6.58 Å². The number of ketones is 1. The summed E-state index contributed by atoms with van der Waals surface area (Å²) in [6.45, 7) is 3.73. The van der Waals surface area contributed by atoms with Gasteiger partial charge in [-0.15, -0.1) is 0 Å². The molecule has 0 saturated heterocycles. The van der Waals surface area contributed by atoms with Crippen LogP contribution in [0.3, 0.4) is 0 Å². The maximum absolute atomic E-state index is 10.9. The lowest BCUT2D eigenvalue weighted by Crippen LogP contribution is -2.40. The summed E-state index contributed by atoms with van der Waals surface area (Å²) < 4.78 is 0. The third kappa shape index (κ3) is 2.29. The molecule has 3 heteroatoms. The third-order valence-electron chi connectivity index (χ3n) is 1.38. The summed E-state index contributed by atoms with van der Waals surface area (Å²) in [5.41, 5.74) is 5.34. The van der Waals surface area contributed by atoms with Gasteiger partial charge in [0.2, 0.25) is 0 Å². The highest BCUT2D eigenvalue weighted by atomic mass is 16.1. The van der Waals surface area contributed by atoms with Crippen molar-refractivity contribution in [2.75, 3.05) is 20.6 Å². The van der Waals surface area contributed by atoms with Crippen LogP contribution in [0.4, 0.5) is 0 Å². The lowest BCUT2D eigenvalue weighted by atomic mass is 10.2. The molecule has 0 aromatic carbocycles. The van der Waals surface area contributed by atoms with E-state index >= 15 is 0 Å². The van der Waals surface area contributed by atoms with E-state index in [1.807, 2.05) is 14.1 Å². The van der Waals surface area contributed by atoms with E-state index in [1.165, 1.54) is 6.08 Å². The normalized spacial score (nSPS) is 13.2. The summed E-state index contributed by atoms with van der Waals surface area (Å²) in [5, 5.41) is 0. The minimum Gasteiger partial charge on any atom is -0.328 e. The van der Waals surface area contributed by atoms with Gasteiger partial charge in [-0.3, -0.25) is 9.69 Å². The first kappa shape index (κ1) is 9.33. The van der Waals surface area contributed by atoms with E-state index in [2.05, 4.69) is 6.58 Å². The number of rotatable bonds is 4. The van der Waals surface area contributed by atoms with Gasteiger partial charge in [0, 0.05) is 6.54 Å². The quantitative estimate of drug-likeness (QED) is 0.545. The smallest absolute Gasteiger partial charge is 0.173 e. The summed E-state index contributed by atoms with van der Waals surface area (Å²) >= 11 is 0. The number of carbonyl (C=O) groups excluding carboxylic acids is 1. The Bertz CT molecular complexity index is 132. The number of carbonyl (C=O) groups is 1. The monoisotopic (exact) mass is 142 g/mol. The molecule has 0 bridgehead atoms. The first-order valence-corrected chi connectivity index (χ1v) is 3.16. The zero-order chi connectivity index (χ0) is 8.15. The molecule has 58 valence electrons. The van der Waals surface area contributed by atoms with E-state index in [-0.39, 0.29) is 11.8 Å². The summed E-state index contributed by atoms with van der Waals surface area (Å²) in [6.07, 6.45) is 1.30. The van der Waals surface area contributed by atoms with Crippen LogP contribution in [0.15, 0.2) is 12.7 Å². The molecule has 0 aromatic heterocycles. The largest absolute Gasteiger partial charge is 0.328 e. The zero-order valence-electron chi connectivity index (χ0n) is 6.50. The van der Waals surface area contributed by atoms with Crippen LogP contribution in [0.2, 0.25) is 0 Å². The molecule has 1 unspecified atom stereocenters. The molecule has 2 N–H and O–H groups in total. The summed E-state index contributed by atoms with van der Waals surface area (Å²) in [7, 11) is 3.64. The minimum atomic E-state index is -0.211.